The second-order valence-electron chi connectivity index (χ2n) is 3.72. The molecule has 0 unspecified atom stereocenters. The van der Waals surface area contributed by atoms with Crippen LogP contribution in [-0.2, 0) is 0 Å². The summed E-state index contributed by atoms with van der Waals surface area (Å²) in [7, 11) is 0. The van der Waals surface area contributed by atoms with E-state index in [0.29, 0.717) is 22.1 Å². The first-order valence-electron chi connectivity index (χ1n) is 5.18. The van der Waals surface area contributed by atoms with Crippen molar-refractivity contribution in [3.05, 3.63) is 58.6 Å². The fourth-order valence-corrected chi connectivity index (χ4v) is 1.66. The van der Waals surface area contributed by atoms with E-state index in [-0.39, 0.29) is 0 Å². The second-order valence-corrected chi connectivity index (χ2v) is 4.16. The third-order valence-electron chi connectivity index (χ3n) is 2.32. The van der Waals surface area contributed by atoms with Crippen molar-refractivity contribution >= 4 is 17.9 Å². The lowest BCUT2D eigenvalue weighted by atomic mass is 10.2. The van der Waals surface area contributed by atoms with Crippen LogP contribution in [-0.4, -0.2) is 6.29 Å². The molecule has 0 N–H and O–H groups in total. The van der Waals surface area contributed by atoms with Gasteiger partial charge in [-0.3, -0.25) is 4.79 Å². The number of hydrogen-bond donors (Lipinski definition) is 0. The maximum absolute atomic E-state index is 10.9. The minimum Gasteiger partial charge on any atom is -0.457 e. The predicted octanol–water partition coefficient (Wildman–Crippen LogP) is 4.25. The summed E-state index contributed by atoms with van der Waals surface area (Å²) in [4.78, 5) is 10.9. The summed E-state index contributed by atoms with van der Waals surface area (Å²) in [6, 6.07) is 12.5. The average molecular weight is 247 g/mol. The molecule has 2 nitrogen and oxygen atoms in total. The number of carbonyl (C=O) groups excluding carboxylic acids is 1. The number of ether oxygens (including phenoxy) is 1. The predicted molar refractivity (Wildman–Crippen MR) is 68.1 cm³/mol. The summed E-state index contributed by atoms with van der Waals surface area (Å²) < 4.78 is 5.65. The Balaban J connectivity index is 2.35. The molecular formula is C14H11ClO2. The van der Waals surface area contributed by atoms with Crippen LogP contribution in [0, 0.1) is 6.92 Å². The minimum atomic E-state index is 0.470. The zero-order chi connectivity index (χ0) is 12.3. The third-order valence-corrected chi connectivity index (χ3v) is 2.56. The van der Waals surface area contributed by atoms with Gasteiger partial charge in [-0.2, -0.15) is 0 Å². The van der Waals surface area contributed by atoms with E-state index in [2.05, 4.69) is 0 Å². The normalized spacial score (nSPS) is 10.0. The summed E-state index contributed by atoms with van der Waals surface area (Å²) >= 11 is 5.88. The van der Waals surface area contributed by atoms with Crippen LogP contribution >= 0.6 is 11.6 Å². The molecule has 2 rings (SSSR count). The Kier molecular flexibility index (Phi) is 3.45. The molecule has 0 spiro atoms. The van der Waals surface area contributed by atoms with Crippen LogP contribution in [0.4, 0.5) is 0 Å². The largest absolute Gasteiger partial charge is 0.457 e. The first kappa shape index (κ1) is 11.7. The Hall–Kier alpha value is -1.80. The molecule has 0 aliphatic carbocycles. The molecule has 0 saturated carbocycles. The van der Waals surface area contributed by atoms with Crippen molar-refractivity contribution < 1.29 is 9.53 Å². The molecule has 0 aromatic heterocycles. The van der Waals surface area contributed by atoms with Gasteiger partial charge in [0.2, 0.25) is 0 Å². The van der Waals surface area contributed by atoms with Gasteiger partial charge in [-0.15, -0.1) is 0 Å². The molecule has 0 amide bonds. The molecular weight excluding hydrogens is 236 g/mol. The molecule has 3 heteroatoms. The van der Waals surface area contributed by atoms with Crippen molar-refractivity contribution in [2.24, 2.45) is 0 Å². The number of carbonyl (C=O) groups is 1. The molecule has 0 saturated heterocycles. The van der Waals surface area contributed by atoms with Gasteiger partial charge >= 0.3 is 0 Å². The van der Waals surface area contributed by atoms with E-state index in [4.69, 9.17) is 16.3 Å². The van der Waals surface area contributed by atoms with Crippen molar-refractivity contribution in [1.82, 2.24) is 0 Å². The third kappa shape index (κ3) is 2.86. The Morgan fingerprint density at radius 2 is 2.00 bits per heavy atom. The van der Waals surface area contributed by atoms with E-state index < -0.39 is 0 Å². The topological polar surface area (TPSA) is 26.3 Å². The van der Waals surface area contributed by atoms with Crippen molar-refractivity contribution in [3.8, 4) is 11.5 Å². The first-order chi connectivity index (χ1) is 8.19. The summed E-state index contributed by atoms with van der Waals surface area (Å²) in [6.07, 6.45) is 0.751. The van der Waals surface area contributed by atoms with Gasteiger partial charge in [-0.25, -0.2) is 0 Å². The van der Waals surface area contributed by atoms with Crippen LogP contribution in [0.2, 0.25) is 5.02 Å². The molecule has 0 fully saturated rings. The smallest absolute Gasteiger partial charge is 0.153 e. The van der Waals surface area contributed by atoms with Gasteiger partial charge in [-0.05, 0) is 36.8 Å². The minimum absolute atomic E-state index is 0.470. The number of aldehydes is 1. The van der Waals surface area contributed by atoms with Gasteiger partial charge < -0.3 is 4.74 Å². The van der Waals surface area contributed by atoms with Crippen LogP contribution in [0.5, 0.6) is 11.5 Å². The van der Waals surface area contributed by atoms with Gasteiger partial charge in [0, 0.05) is 11.1 Å². The molecule has 0 aliphatic heterocycles. The molecule has 0 bridgehead atoms. The highest BCUT2D eigenvalue weighted by Crippen LogP contribution is 2.27. The molecule has 86 valence electrons. The molecule has 2 aromatic carbocycles. The molecule has 0 heterocycles. The van der Waals surface area contributed by atoms with E-state index in [0.717, 1.165) is 11.8 Å². The lowest BCUT2D eigenvalue weighted by Gasteiger charge is -2.08. The highest BCUT2D eigenvalue weighted by molar-refractivity contribution is 6.30. The van der Waals surface area contributed by atoms with E-state index in [1.807, 2.05) is 31.2 Å². The van der Waals surface area contributed by atoms with Crippen molar-refractivity contribution in [3.63, 3.8) is 0 Å². The number of benzene rings is 2. The maximum Gasteiger partial charge on any atom is 0.153 e. The SMILES string of the molecule is Cc1cccc(Oc2cc(Cl)ccc2C=O)c1. The summed E-state index contributed by atoms with van der Waals surface area (Å²) in [6.45, 7) is 1.98. The fraction of sp³-hybridized carbons (Fsp3) is 0.0714. The van der Waals surface area contributed by atoms with Gasteiger partial charge in [0.1, 0.15) is 11.5 Å². The number of halogens is 1. The monoisotopic (exact) mass is 246 g/mol. The number of aryl methyl sites for hydroxylation is 1. The Labute approximate surface area is 105 Å². The standard InChI is InChI=1S/C14H11ClO2/c1-10-3-2-4-13(7-10)17-14-8-12(15)6-5-11(14)9-16/h2-9H,1H3. The van der Waals surface area contributed by atoms with Gasteiger partial charge in [0.25, 0.3) is 0 Å². The van der Waals surface area contributed by atoms with Crippen LogP contribution < -0.4 is 4.74 Å². The molecule has 0 atom stereocenters. The highest BCUT2D eigenvalue weighted by Gasteiger charge is 2.05. The van der Waals surface area contributed by atoms with E-state index in [9.17, 15) is 4.79 Å². The summed E-state index contributed by atoms with van der Waals surface area (Å²) in [5.74, 6) is 1.16. The number of rotatable bonds is 3. The Morgan fingerprint density at radius 3 is 2.71 bits per heavy atom. The zero-order valence-corrected chi connectivity index (χ0v) is 10.1. The Morgan fingerprint density at radius 1 is 1.18 bits per heavy atom. The highest BCUT2D eigenvalue weighted by atomic mass is 35.5. The zero-order valence-electron chi connectivity index (χ0n) is 9.31. The molecule has 2 aromatic rings. The van der Waals surface area contributed by atoms with Crippen molar-refractivity contribution in [2.75, 3.05) is 0 Å². The molecule has 0 radical (unpaired) electrons. The van der Waals surface area contributed by atoms with Crippen LogP contribution in [0.3, 0.4) is 0 Å². The van der Waals surface area contributed by atoms with E-state index in [1.54, 1.807) is 18.2 Å². The maximum atomic E-state index is 10.9. The van der Waals surface area contributed by atoms with Crippen LogP contribution in [0.15, 0.2) is 42.5 Å². The quantitative estimate of drug-likeness (QED) is 0.757. The van der Waals surface area contributed by atoms with Crippen molar-refractivity contribution in [2.45, 2.75) is 6.92 Å². The lowest BCUT2D eigenvalue weighted by Crippen LogP contribution is -1.90. The van der Waals surface area contributed by atoms with Gasteiger partial charge in [0.15, 0.2) is 6.29 Å². The number of hydrogen-bond acceptors (Lipinski definition) is 2. The lowest BCUT2D eigenvalue weighted by molar-refractivity contribution is 0.112. The molecule has 17 heavy (non-hydrogen) atoms. The van der Waals surface area contributed by atoms with E-state index in [1.165, 1.54) is 0 Å². The Bertz CT molecular complexity index is 550. The van der Waals surface area contributed by atoms with Gasteiger partial charge in [-0.1, -0.05) is 23.7 Å². The van der Waals surface area contributed by atoms with Crippen LogP contribution in [0.1, 0.15) is 15.9 Å². The van der Waals surface area contributed by atoms with Crippen LogP contribution in [0.25, 0.3) is 0 Å². The summed E-state index contributed by atoms with van der Waals surface area (Å²) in [5, 5.41) is 0.540. The summed E-state index contributed by atoms with van der Waals surface area (Å²) in [5.41, 5.74) is 1.58. The van der Waals surface area contributed by atoms with Crippen molar-refractivity contribution in [1.29, 1.82) is 0 Å². The average Bonchev–Trinajstić information content (AvgIpc) is 2.29. The molecule has 0 aliphatic rings. The first-order valence-corrected chi connectivity index (χ1v) is 5.56. The fourth-order valence-electron chi connectivity index (χ4n) is 1.50. The van der Waals surface area contributed by atoms with E-state index >= 15 is 0 Å². The second kappa shape index (κ2) is 5.02. The van der Waals surface area contributed by atoms with Gasteiger partial charge in [0.05, 0.1) is 5.56 Å².